The number of hydrogen-bond donors (Lipinski definition) is 5. The Hall–Kier alpha value is -9.88. The number of H-pyrrole nitrogens is 1. The van der Waals surface area contributed by atoms with Crippen molar-refractivity contribution in [3.05, 3.63) is 165 Å². The van der Waals surface area contributed by atoms with E-state index in [9.17, 15) is 43.5 Å². The molecule has 5 atom stereocenters. The molecule has 117 heavy (non-hydrogen) atoms. The highest BCUT2D eigenvalue weighted by atomic mass is 16.6. The first kappa shape index (κ1) is 87.9. The van der Waals surface area contributed by atoms with Gasteiger partial charge in [0.25, 0.3) is 11.8 Å². The van der Waals surface area contributed by atoms with E-state index in [2.05, 4.69) is 61.7 Å². The molecule has 0 spiro atoms. The summed E-state index contributed by atoms with van der Waals surface area (Å²) in [5.74, 6) is 0.517. The second-order valence-corrected chi connectivity index (χ2v) is 37.7. The maximum absolute atomic E-state index is 14.3. The van der Waals surface area contributed by atoms with Crippen molar-refractivity contribution in [1.29, 1.82) is 0 Å². The number of methoxy groups -OCH3 is 5. The van der Waals surface area contributed by atoms with Gasteiger partial charge in [-0.1, -0.05) is 78.6 Å². The van der Waals surface area contributed by atoms with Crippen molar-refractivity contribution in [2.45, 2.75) is 220 Å². The summed E-state index contributed by atoms with van der Waals surface area (Å²) in [5.41, 5.74) is 12.9. The van der Waals surface area contributed by atoms with Gasteiger partial charge in [0.15, 0.2) is 17.3 Å². The van der Waals surface area contributed by atoms with Gasteiger partial charge in [0, 0.05) is 123 Å². The minimum Gasteiger partial charge on any atom is -0.497 e. The van der Waals surface area contributed by atoms with Crippen LogP contribution in [0.15, 0.2) is 103 Å². The zero-order valence-corrected chi connectivity index (χ0v) is 72.2. The molecule has 6 N–H and O–H groups in total. The smallest absolute Gasteiger partial charge is 0.410 e. The maximum Gasteiger partial charge on any atom is 0.410 e. The van der Waals surface area contributed by atoms with Crippen molar-refractivity contribution in [2.75, 3.05) is 81.5 Å². The highest BCUT2D eigenvalue weighted by molar-refractivity contribution is 6.12. The molecule has 2 aliphatic heterocycles. The fourth-order valence-electron chi connectivity index (χ4n) is 19.1. The van der Waals surface area contributed by atoms with Gasteiger partial charge in [-0.15, -0.1) is 0 Å². The number of Topliss-reactive ketones (excluding diaryl/α,β-unsaturated/α-hetero) is 3. The van der Waals surface area contributed by atoms with E-state index >= 15 is 0 Å². The molecule has 630 valence electrons. The highest BCUT2D eigenvalue weighted by Gasteiger charge is 2.53. The first-order chi connectivity index (χ1) is 54.9. The Kier molecular flexibility index (Phi) is 25.7. The average molecular weight is 1610 g/mol. The Balaban J connectivity index is 0.000000163. The third kappa shape index (κ3) is 19.0. The lowest BCUT2D eigenvalue weighted by atomic mass is 9.62. The molecule has 2 saturated heterocycles. The molecule has 24 nitrogen and oxygen atoms in total. The number of benzene rings is 5. The second kappa shape index (κ2) is 34.2. The average Bonchev–Trinajstić information content (AvgIpc) is 1.57. The van der Waals surface area contributed by atoms with Gasteiger partial charge in [0.1, 0.15) is 22.7 Å². The predicted octanol–water partition coefficient (Wildman–Crippen LogP) is 16.2. The van der Waals surface area contributed by atoms with E-state index in [-0.39, 0.29) is 81.3 Å². The van der Waals surface area contributed by atoms with E-state index in [1.807, 2.05) is 158 Å². The number of nitrogens with one attached hydrogen (secondary N) is 3. The normalized spacial score (nSPS) is 21.9. The summed E-state index contributed by atoms with van der Waals surface area (Å²) >= 11 is 0. The van der Waals surface area contributed by atoms with Crippen molar-refractivity contribution in [1.82, 2.24) is 34.6 Å². The van der Waals surface area contributed by atoms with Crippen LogP contribution < -0.4 is 25.8 Å². The molecule has 3 fully saturated rings. The lowest BCUT2D eigenvalue weighted by molar-refractivity contribution is 0.0281. The number of carbonyl (C=O) groups excluding carboxylic acids is 7. The van der Waals surface area contributed by atoms with Gasteiger partial charge in [0.05, 0.1) is 72.9 Å². The number of nitrogens with two attached hydrogens (primary N) is 1. The first-order valence-corrected chi connectivity index (χ1v) is 40.8. The molecule has 5 unspecified atom stereocenters. The number of aromatic amines is 1. The summed E-state index contributed by atoms with van der Waals surface area (Å²) in [6.45, 7) is 34.3. The third-order valence-corrected chi connectivity index (χ3v) is 23.7. The fourth-order valence-corrected chi connectivity index (χ4v) is 19.1. The molecular formula is C93H122N8O16. The molecule has 6 aliphatic rings. The molecule has 8 aromatic rings. The summed E-state index contributed by atoms with van der Waals surface area (Å²) in [7, 11) is 8.16. The van der Waals surface area contributed by atoms with Crippen molar-refractivity contribution in [2.24, 2.45) is 22.0 Å². The molecule has 5 aromatic carbocycles. The number of carbonyl (C=O) groups is 8. The molecule has 0 radical (unpaired) electrons. The lowest BCUT2D eigenvalue weighted by Crippen LogP contribution is -2.45. The summed E-state index contributed by atoms with van der Waals surface area (Å²) in [5, 5.41) is 18.6. The first-order valence-electron chi connectivity index (χ1n) is 40.8. The minimum atomic E-state index is -0.979. The number of carboxylic acid groups (broad SMARTS) is 1. The van der Waals surface area contributed by atoms with Gasteiger partial charge in [-0.3, -0.25) is 24.0 Å². The van der Waals surface area contributed by atoms with Crippen LogP contribution in [0, 0.1) is 16.2 Å². The number of aromatic carboxylic acids is 1. The number of rotatable bonds is 17. The molecule has 14 rings (SSSR count). The number of nitrogens with zero attached hydrogens (tertiary/aromatic N) is 4. The summed E-state index contributed by atoms with van der Waals surface area (Å²) in [6, 6.07) is 32.4. The number of hydrogen-bond acceptors (Lipinski definition) is 16. The number of likely N-dealkylation sites (tertiary alicyclic amines) is 2. The summed E-state index contributed by atoms with van der Waals surface area (Å²) in [6.07, 6.45) is 7.37. The highest BCUT2D eigenvalue weighted by Crippen LogP contribution is 2.53. The molecule has 0 bridgehead atoms. The fraction of sp³-hybridized carbons (Fsp3) is 0.527. The molecule has 4 aliphatic carbocycles. The third-order valence-electron chi connectivity index (χ3n) is 23.7. The van der Waals surface area contributed by atoms with Crippen LogP contribution >= 0.6 is 0 Å². The Morgan fingerprint density at radius 3 is 1.30 bits per heavy atom. The minimum absolute atomic E-state index is 0.0205. The van der Waals surface area contributed by atoms with E-state index in [1.165, 1.54) is 12.8 Å². The Labute approximate surface area is 687 Å². The topological polar surface area (TPSA) is 304 Å². The number of fused-ring (bicyclic) bond motifs is 9. The van der Waals surface area contributed by atoms with E-state index in [4.69, 9.17) is 38.9 Å². The van der Waals surface area contributed by atoms with E-state index in [0.29, 0.717) is 106 Å². The second-order valence-electron chi connectivity index (χ2n) is 37.7. The molecule has 24 heteroatoms. The van der Waals surface area contributed by atoms with Crippen molar-refractivity contribution < 1.29 is 76.6 Å². The predicted molar refractivity (Wildman–Crippen MR) is 453 cm³/mol. The van der Waals surface area contributed by atoms with Crippen LogP contribution in [0.3, 0.4) is 0 Å². The molecule has 3 aromatic heterocycles. The van der Waals surface area contributed by atoms with Gasteiger partial charge in [-0.05, 0) is 230 Å². The summed E-state index contributed by atoms with van der Waals surface area (Å²) in [4.78, 5) is 110. The summed E-state index contributed by atoms with van der Waals surface area (Å²) < 4.78 is 41.8. The Morgan fingerprint density at radius 2 is 0.880 bits per heavy atom. The van der Waals surface area contributed by atoms with Crippen LogP contribution in [0.2, 0.25) is 0 Å². The van der Waals surface area contributed by atoms with Gasteiger partial charge in [-0.2, -0.15) is 0 Å². The molecule has 5 heterocycles. The van der Waals surface area contributed by atoms with Crippen LogP contribution in [0.5, 0.6) is 11.5 Å². The van der Waals surface area contributed by atoms with Gasteiger partial charge >= 0.3 is 18.2 Å². The zero-order chi connectivity index (χ0) is 85.4. The SMILES string of the molecule is CC(C)(C)OC(=O)N1CCC(N)C1.COCC1(C)CC(C)(C)c2c([nH]c3ccc(C(=O)NC4CCCC4)cc23)C1=O.COCC1(C)CC(C)(C)c2c(n(Cc3ccc(OC)cc3)c3ccc(C(=O)NC4CCN(C(=O)OC(C)(C)C)C4)cc23)C1=O.COCC1(C)CC(C)(C)c2c(n(Cc3ccc(OC)cc3)c3ccc(C(=O)O)cc23)C1=O. The van der Waals surface area contributed by atoms with Crippen molar-refractivity contribution in [3.63, 3.8) is 0 Å². The quantitative estimate of drug-likeness (QED) is 0.0566. The van der Waals surface area contributed by atoms with Gasteiger partial charge < -0.3 is 78.5 Å². The van der Waals surface area contributed by atoms with Crippen LogP contribution in [-0.4, -0.2) is 187 Å². The Bertz CT molecular complexity index is 5070. The van der Waals surface area contributed by atoms with Crippen molar-refractivity contribution in [3.8, 4) is 11.5 Å². The molecular weight excluding hydrogens is 1490 g/mol. The van der Waals surface area contributed by atoms with Crippen LogP contribution in [0.25, 0.3) is 32.7 Å². The van der Waals surface area contributed by atoms with E-state index in [0.717, 1.165) is 97.8 Å². The van der Waals surface area contributed by atoms with E-state index in [1.54, 1.807) is 57.5 Å². The number of aromatic nitrogens is 3. The number of carboxylic acids is 1. The largest absolute Gasteiger partial charge is 0.497 e. The number of ketones is 3. The van der Waals surface area contributed by atoms with Crippen LogP contribution in [0.4, 0.5) is 9.59 Å². The van der Waals surface area contributed by atoms with Crippen molar-refractivity contribution >= 4 is 80.0 Å². The van der Waals surface area contributed by atoms with Gasteiger partial charge in [0.2, 0.25) is 0 Å². The number of amides is 4. The standard InChI is InChI=1S/C35H45N3O6.C26H29NO5.C23H30N2O3.C9H18N2O2/c1-33(2,3)44-32(41)37-16-15-24(19-37)36-31(40)23-11-14-27-26(17-23)28-29(30(39)35(6,21-42-7)20-34(28,4)5)38(27)18-22-9-12-25(43-8)13-10-22;1-25(2)14-26(3,15-31-4)23(28)22-21(25)19-12-17(24(29)30)8-11-20(19)27(22)13-16-6-9-18(32-5)10-7-16;1-22(2)12-23(3,13-28-4)20(26)19-18(22)16-11-14(9-10-17(16)25-19)21(27)24-15-7-5-6-8-15;1-9(2,3)13-8(12)11-5-4-7(10)6-11/h9-14,17,24H,15-16,18-21H2,1-8H3,(H,36,40);6-12H,13-15H2,1-5H3,(H,29,30);9-11,15,25H,5-8,12-13H2,1-4H3,(H,24,27);7H,4-6,10H2,1-3H3. The number of ether oxygens (including phenoxy) is 7. The van der Waals surface area contributed by atoms with Gasteiger partial charge in [-0.25, -0.2) is 14.4 Å². The van der Waals surface area contributed by atoms with Crippen LogP contribution in [0.1, 0.15) is 252 Å². The monoisotopic (exact) mass is 1610 g/mol. The Morgan fingerprint density at radius 1 is 0.487 bits per heavy atom. The van der Waals surface area contributed by atoms with E-state index < -0.39 is 33.4 Å². The molecule has 1 saturated carbocycles. The maximum atomic E-state index is 14.3. The zero-order valence-electron chi connectivity index (χ0n) is 72.2. The molecule has 4 amide bonds. The van der Waals surface area contributed by atoms with Crippen LogP contribution in [-0.2, 0) is 53.0 Å². The lowest BCUT2D eigenvalue weighted by Gasteiger charge is -2.41.